The van der Waals surface area contributed by atoms with E-state index in [2.05, 4.69) is 18.8 Å². The van der Waals surface area contributed by atoms with E-state index in [0.717, 1.165) is 42.3 Å². The van der Waals surface area contributed by atoms with Crippen LogP contribution in [0.3, 0.4) is 0 Å². The number of thiophene rings is 1. The van der Waals surface area contributed by atoms with E-state index in [1.807, 2.05) is 16.3 Å². The predicted molar refractivity (Wildman–Crippen MR) is 81.8 cm³/mol. The molecular formula is C16H21NO2S. The Morgan fingerprint density at radius 3 is 3.10 bits per heavy atom. The van der Waals surface area contributed by atoms with Gasteiger partial charge in [-0.25, -0.2) is 0 Å². The predicted octanol–water partition coefficient (Wildman–Crippen LogP) is 2.74. The van der Waals surface area contributed by atoms with Crippen molar-refractivity contribution in [1.29, 1.82) is 0 Å². The first-order chi connectivity index (χ1) is 9.74. The van der Waals surface area contributed by atoms with Gasteiger partial charge in [-0.15, -0.1) is 11.3 Å². The van der Waals surface area contributed by atoms with Gasteiger partial charge in [0, 0.05) is 18.5 Å². The zero-order chi connectivity index (χ0) is 14.4. The Labute approximate surface area is 124 Å². The molecule has 1 aliphatic heterocycles. The summed E-state index contributed by atoms with van der Waals surface area (Å²) in [4.78, 5) is 15.3. The smallest absolute Gasteiger partial charge is 0.254 e. The minimum atomic E-state index is -0.147. The lowest BCUT2D eigenvalue weighted by Gasteiger charge is -2.19. The zero-order valence-electron chi connectivity index (χ0n) is 11.9. The molecule has 1 atom stereocenters. The standard InChI is InChI=1S/C16H21NO2S/c1-2-13-5-3-8-17(9-7-13)16(19)14-11-15(20-12-14)6-4-10-18/h11-13,18H,2-3,5,7-10H2,1H3. The molecule has 1 aliphatic rings. The van der Waals surface area contributed by atoms with Crippen molar-refractivity contribution in [3.63, 3.8) is 0 Å². The van der Waals surface area contributed by atoms with Gasteiger partial charge in [-0.05, 0) is 31.2 Å². The Balaban J connectivity index is 2.01. The summed E-state index contributed by atoms with van der Waals surface area (Å²) in [5.41, 5.74) is 0.729. The normalized spacial score (nSPS) is 19.1. The number of aliphatic hydroxyl groups is 1. The lowest BCUT2D eigenvalue weighted by Crippen LogP contribution is -2.31. The Kier molecular flexibility index (Phi) is 5.63. The van der Waals surface area contributed by atoms with Crippen LogP contribution in [-0.2, 0) is 0 Å². The number of nitrogens with zero attached hydrogens (tertiary/aromatic N) is 1. The number of likely N-dealkylation sites (tertiary alicyclic amines) is 1. The molecule has 1 N–H and O–H groups in total. The van der Waals surface area contributed by atoms with Crippen molar-refractivity contribution < 1.29 is 9.90 Å². The van der Waals surface area contributed by atoms with Gasteiger partial charge in [0.2, 0.25) is 0 Å². The second kappa shape index (κ2) is 7.47. The molecule has 1 aromatic rings. The Bertz CT molecular complexity index is 512. The molecule has 1 amide bonds. The summed E-state index contributed by atoms with van der Waals surface area (Å²) in [7, 11) is 0. The minimum absolute atomic E-state index is 0.120. The fraction of sp³-hybridized carbons (Fsp3) is 0.562. The third-order valence-electron chi connectivity index (χ3n) is 3.85. The molecule has 4 heteroatoms. The number of hydrogen-bond donors (Lipinski definition) is 1. The Morgan fingerprint density at radius 2 is 2.35 bits per heavy atom. The number of amides is 1. The maximum Gasteiger partial charge on any atom is 0.254 e. The molecule has 108 valence electrons. The van der Waals surface area contributed by atoms with Crippen molar-refractivity contribution in [3.05, 3.63) is 21.9 Å². The Morgan fingerprint density at radius 1 is 1.50 bits per heavy atom. The highest BCUT2D eigenvalue weighted by atomic mass is 32.1. The molecule has 0 aromatic carbocycles. The third kappa shape index (κ3) is 3.84. The van der Waals surface area contributed by atoms with Crippen molar-refractivity contribution in [3.8, 4) is 11.8 Å². The minimum Gasteiger partial charge on any atom is -0.384 e. The monoisotopic (exact) mass is 291 g/mol. The van der Waals surface area contributed by atoms with Crippen LogP contribution >= 0.6 is 11.3 Å². The van der Waals surface area contributed by atoms with E-state index in [4.69, 9.17) is 5.11 Å². The van der Waals surface area contributed by atoms with Crippen LogP contribution in [0.5, 0.6) is 0 Å². The number of carbonyl (C=O) groups is 1. The van der Waals surface area contributed by atoms with Crippen LogP contribution < -0.4 is 0 Å². The summed E-state index contributed by atoms with van der Waals surface area (Å²) in [6.07, 6.45) is 4.66. The van der Waals surface area contributed by atoms with E-state index in [0.29, 0.717) is 0 Å². The molecule has 2 heterocycles. The second-order valence-corrected chi connectivity index (χ2v) is 6.07. The van der Waals surface area contributed by atoms with Gasteiger partial charge in [0.05, 0.1) is 10.4 Å². The first kappa shape index (κ1) is 15.1. The van der Waals surface area contributed by atoms with Gasteiger partial charge in [-0.3, -0.25) is 4.79 Å². The summed E-state index contributed by atoms with van der Waals surface area (Å²) in [5, 5.41) is 10.5. The maximum atomic E-state index is 12.5. The van der Waals surface area contributed by atoms with Crippen LogP contribution in [-0.4, -0.2) is 35.6 Å². The molecule has 20 heavy (non-hydrogen) atoms. The van der Waals surface area contributed by atoms with Gasteiger partial charge in [-0.1, -0.05) is 25.2 Å². The molecule has 3 nitrogen and oxygen atoms in total. The Hall–Kier alpha value is -1.31. The first-order valence-corrected chi connectivity index (χ1v) is 8.10. The maximum absolute atomic E-state index is 12.5. The van der Waals surface area contributed by atoms with Crippen molar-refractivity contribution >= 4 is 17.2 Å². The van der Waals surface area contributed by atoms with E-state index in [1.54, 1.807) is 0 Å². The van der Waals surface area contributed by atoms with Gasteiger partial charge in [-0.2, -0.15) is 0 Å². The lowest BCUT2D eigenvalue weighted by atomic mass is 9.98. The SMILES string of the molecule is CCC1CCCN(C(=O)c2csc(C#CCO)c2)CC1. The summed E-state index contributed by atoms with van der Waals surface area (Å²) >= 11 is 1.46. The fourth-order valence-electron chi connectivity index (χ4n) is 2.60. The zero-order valence-corrected chi connectivity index (χ0v) is 12.7. The lowest BCUT2D eigenvalue weighted by molar-refractivity contribution is 0.0760. The molecule has 1 fully saturated rings. The van der Waals surface area contributed by atoms with Crippen molar-refractivity contribution in [2.75, 3.05) is 19.7 Å². The molecule has 1 saturated heterocycles. The van der Waals surface area contributed by atoms with Crippen molar-refractivity contribution in [2.45, 2.75) is 32.6 Å². The molecule has 2 rings (SSSR count). The molecule has 0 saturated carbocycles. The number of hydrogen-bond acceptors (Lipinski definition) is 3. The topological polar surface area (TPSA) is 40.5 Å². The molecule has 0 radical (unpaired) electrons. The molecule has 1 unspecified atom stereocenters. The van der Waals surface area contributed by atoms with E-state index >= 15 is 0 Å². The molecule has 1 aromatic heterocycles. The van der Waals surface area contributed by atoms with Crippen LogP contribution in [0.2, 0.25) is 0 Å². The molecule has 0 aliphatic carbocycles. The van der Waals surface area contributed by atoms with Gasteiger partial charge < -0.3 is 10.0 Å². The van der Waals surface area contributed by atoms with Gasteiger partial charge in [0.15, 0.2) is 0 Å². The summed E-state index contributed by atoms with van der Waals surface area (Å²) in [6.45, 7) is 3.81. The van der Waals surface area contributed by atoms with Crippen LogP contribution in [0.25, 0.3) is 0 Å². The van der Waals surface area contributed by atoms with Crippen LogP contribution in [0.1, 0.15) is 47.8 Å². The second-order valence-electron chi connectivity index (χ2n) is 5.16. The largest absolute Gasteiger partial charge is 0.384 e. The van der Waals surface area contributed by atoms with E-state index in [1.165, 1.54) is 24.2 Å². The van der Waals surface area contributed by atoms with Gasteiger partial charge >= 0.3 is 0 Å². The molecule has 0 spiro atoms. The highest BCUT2D eigenvalue weighted by molar-refractivity contribution is 7.10. The number of aliphatic hydroxyl groups excluding tert-OH is 1. The van der Waals surface area contributed by atoms with Crippen LogP contribution in [0.15, 0.2) is 11.4 Å². The summed E-state index contributed by atoms with van der Waals surface area (Å²) in [6, 6.07) is 1.83. The van der Waals surface area contributed by atoms with E-state index in [-0.39, 0.29) is 12.5 Å². The summed E-state index contributed by atoms with van der Waals surface area (Å²) in [5.74, 6) is 6.35. The average Bonchev–Trinajstić information content (AvgIpc) is 2.81. The van der Waals surface area contributed by atoms with Crippen LogP contribution in [0, 0.1) is 17.8 Å². The summed E-state index contributed by atoms with van der Waals surface area (Å²) < 4.78 is 0. The molecule has 0 bridgehead atoms. The van der Waals surface area contributed by atoms with Crippen molar-refractivity contribution in [1.82, 2.24) is 4.90 Å². The number of rotatable bonds is 2. The van der Waals surface area contributed by atoms with Crippen molar-refractivity contribution in [2.24, 2.45) is 5.92 Å². The third-order valence-corrected chi connectivity index (χ3v) is 4.69. The van der Waals surface area contributed by atoms with E-state index < -0.39 is 0 Å². The molecular weight excluding hydrogens is 270 g/mol. The highest BCUT2D eigenvalue weighted by Gasteiger charge is 2.21. The highest BCUT2D eigenvalue weighted by Crippen LogP contribution is 2.22. The first-order valence-electron chi connectivity index (χ1n) is 7.22. The average molecular weight is 291 g/mol. The van der Waals surface area contributed by atoms with Gasteiger partial charge in [0.25, 0.3) is 5.91 Å². The van der Waals surface area contributed by atoms with E-state index in [9.17, 15) is 4.79 Å². The quantitative estimate of drug-likeness (QED) is 0.851. The van der Waals surface area contributed by atoms with Crippen LogP contribution in [0.4, 0.5) is 0 Å². The fourth-order valence-corrected chi connectivity index (χ4v) is 3.35. The number of carbonyl (C=O) groups excluding carboxylic acids is 1. The van der Waals surface area contributed by atoms with Gasteiger partial charge in [0.1, 0.15) is 6.61 Å².